The van der Waals surface area contributed by atoms with Gasteiger partial charge in [0, 0.05) is 24.2 Å². The van der Waals surface area contributed by atoms with Gasteiger partial charge in [0.25, 0.3) is 0 Å². The van der Waals surface area contributed by atoms with E-state index >= 15 is 0 Å². The second kappa shape index (κ2) is 7.99. The van der Waals surface area contributed by atoms with E-state index in [2.05, 4.69) is 11.4 Å². The fraction of sp³-hybridized carbons (Fsp3) is 0.625. The van der Waals surface area contributed by atoms with E-state index in [9.17, 15) is 0 Å². The Bertz CT molecular complexity index is 409. The fourth-order valence-electron chi connectivity index (χ4n) is 2.12. The third kappa shape index (κ3) is 5.41. The van der Waals surface area contributed by atoms with Gasteiger partial charge in [-0.1, -0.05) is 23.7 Å². The summed E-state index contributed by atoms with van der Waals surface area (Å²) in [5, 5.41) is 4.28. The molecule has 1 aromatic rings. The maximum Gasteiger partial charge on any atom is 0.0954 e. The molecule has 2 rings (SSSR count). The first kappa shape index (κ1) is 15.8. The van der Waals surface area contributed by atoms with Crippen LogP contribution in [-0.2, 0) is 9.47 Å². The van der Waals surface area contributed by atoms with Crippen LogP contribution in [0.25, 0.3) is 0 Å². The van der Waals surface area contributed by atoms with Crippen LogP contribution in [0.4, 0.5) is 0 Å². The van der Waals surface area contributed by atoms with Crippen molar-refractivity contribution < 1.29 is 9.47 Å². The molecule has 0 spiro atoms. The molecular weight excluding hydrogens is 274 g/mol. The lowest BCUT2D eigenvalue weighted by atomic mass is 10.1. The summed E-state index contributed by atoms with van der Waals surface area (Å²) in [6.45, 7) is 6.20. The second-order valence-electron chi connectivity index (χ2n) is 5.33. The maximum absolute atomic E-state index is 6.13. The van der Waals surface area contributed by atoms with Crippen LogP contribution in [0, 0.1) is 0 Å². The van der Waals surface area contributed by atoms with E-state index in [1.807, 2.05) is 32.0 Å². The molecule has 0 amide bonds. The van der Waals surface area contributed by atoms with Crippen molar-refractivity contribution in [3.05, 3.63) is 34.9 Å². The zero-order valence-electron chi connectivity index (χ0n) is 12.3. The Morgan fingerprint density at radius 1 is 1.40 bits per heavy atom. The van der Waals surface area contributed by atoms with E-state index in [-0.39, 0.29) is 12.2 Å². The topological polar surface area (TPSA) is 30.5 Å². The quantitative estimate of drug-likeness (QED) is 0.756. The monoisotopic (exact) mass is 297 g/mol. The standard InChI is InChI=1S/C16H24ClNO2/c1-3-19-11-12(2)20-16(10-18-15-7-8-15)13-5-4-6-14(17)9-13/h4-6,9,12,15-16,18H,3,7-8,10-11H2,1-2H3. The van der Waals surface area contributed by atoms with E-state index in [1.54, 1.807) is 0 Å². The van der Waals surface area contributed by atoms with E-state index in [0.717, 1.165) is 23.7 Å². The Hall–Kier alpha value is -0.610. The zero-order chi connectivity index (χ0) is 14.4. The first-order valence-corrected chi connectivity index (χ1v) is 7.79. The third-order valence-corrected chi connectivity index (χ3v) is 3.58. The van der Waals surface area contributed by atoms with Crippen LogP contribution in [0.3, 0.4) is 0 Å². The van der Waals surface area contributed by atoms with Crippen molar-refractivity contribution in [2.24, 2.45) is 0 Å². The number of nitrogens with one attached hydrogen (secondary N) is 1. The van der Waals surface area contributed by atoms with Gasteiger partial charge < -0.3 is 14.8 Å². The number of ether oxygens (including phenoxy) is 2. The van der Waals surface area contributed by atoms with Gasteiger partial charge in [-0.15, -0.1) is 0 Å². The maximum atomic E-state index is 6.13. The number of benzene rings is 1. The van der Waals surface area contributed by atoms with Gasteiger partial charge in [-0.25, -0.2) is 0 Å². The lowest BCUT2D eigenvalue weighted by Gasteiger charge is -2.23. The molecule has 112 valence electrons. The normalized spacial score (nSPS) is 17.9. The highest BCUT2D eigenvalue weighted by Gasteiger charge is 2.23. The predicted molar refractivity (Wildman–Crippen MR) is 82.3 cm³/mol. The number of hydrogen-bond acceptors (Lipinski definition) is 3. The van der Waals surface area contributed by atoms with E-state index in [1.165, 1.54) is 12.8 Å². The first-order chi connectivity index (χ1) is 9.69. The number of halogens is 1. The summed E-state index contributed by atoms with van der Waals surface area (Å²) < 4.78 is 11.5. The fourth-order valence-corrected chi connectivity index (χ4v) is 2.31. The van der Waals surface area contributed by atoms with Crippen LogP contribution in [0.5, 0.6) is 0 Å². The molecule has 4 heteroatoms. The van der Waals surface area contributed by atoms with Gasteiger partial charge in [0.1, 0.15) is 0 Å². The molecule has 0 radical (unpaired) electrons. The number of hydrogen-bond donors (Lipinski definition) is 1. The highest BCUT2D eigenvalue weighted by molar-refractivity contribution is 6.30. The molecule has 0 heterocycles. The molecule has 1 N–H and O–H groups in total. The van der Waals surface area contributed by atoms with Gasteiger partial charge in [0.15, 0.2) is 0 Å². The van der Waals surface area contributed by atoms with E-state index in [4.69, 9.17) is 21.1 Å². The van der Waals surface area contributed by atoms with Crippen molar-refractivity contribution in [1.82, 2.24) is 5.32 Å². The highest BCUT2D eigenvalue weighted by atomic mass is 35.5. The number of rotatable bonds is 9. The molecule has 3 nitrogen and oxygen atoms in total. The minimum atomic E-state index is 0.0183. The third-order valence-electron chi connectivity index (χ3n) is 3.34. The molecule has 0 saturated heterocycles. The van der Waals surface area contributed by atoms with Crippen molar-refractivity contribution >= 4 is 11.6 Å². The van der Waals surface area contributed by atoms with Crippen LogP contribution >= 0.6 is 11.6 Å². The van der Waals surface area contributed by atoms with Crippen molar-refractivity contribution in [3.63, 3.8) is 0 Å². The summed E-state index contributed by atoms with van der Waals surface area (Å²) in [5.74, 6) is 0. The Kier molecular flexibility index (Phi) is 6.30. The Balaban J connectivity index is 1.95. The van der Waals surface area contributed by atoms with Crippen molar-refractivity contribution in [2.75, 3.05) is 19.8 Å². The van der Waals surface area contributed by atoms with E-state index in [0.29, 0.717) is 12.6 Å². The molecular formula is C16H24ClNO2. The minimum absolute atomic E-state index is 0.0183. The van der Waals surface area contributed by atoms with Gasteiger partial charge in [0.05, 0.1) is 18.8 Å². The summed E-state index contributed by atoms with van der Waals surface area (Å²) in [5.41, 5.74) is 1.12. The lowest BCUT2D eigenvalue weighted by Crippen LogP contribution is -2.29. The molecule has 1 saturated carbocycles. The minimum Gasteiger partial charge on any atom is -0.379 e. The van der Waals surface area contributed by atoms with E-state index < -0.39 is 0 Å². The Morgan fingerprint density at radius 2 is 2.20 bits per heavy atom. The van der Waals surface area contributed by atoms with Crippen LogP contribution < -0.4 is 5.32 Å². The molecule has 2 unspecified atom stereocenters. The summed E-state index contributed by atoms with van der Waals surface area (Å²) >= 11 is 6.08. The Labute approximate surface area is 126 Å². The van der Waals surface area contributed by atoms with Crippen LogP contribution in [0.1, 0.15) is 38.4 Å². The molecule has 1 fully saturated rings. The molecule has 0 aromatic heterocycles. The Morgan fingerprint density at radius 3 is 2.85 bits per heavy atom. The van der Waals surface area contributed by atoms with Crippen LogP contribution in [0.15, 0.2) is 24.3 Å². The van der Waals surface area contributed by atoms with Crippen molar-refractivity contribution in [3.8, 4) is 0 Å². The summed E-state index contributed by atoms with van der Waals surface area (Å²) in [7, 11) is 0. The molecule has 1 aliphatic rings. The SMILES string of the molecule is CCOCC(C)OC(CNC1CC1)c1cccc(Cl)c1. The molecule has 2 atom stereocenters. The molecule has 0 bridgehead atoms. The summed E-state index contributed by atoms with van der Waals surface area (Å²) in [6, 6.07) is 8.58. The average molecular weight is 298 g/mol. The molecule has 1 aliphatic carbocycles. The molecule has 20 heavy (non-hydrogen) atoms. The first-order valence-electron chi connectivity index (χ1n) is 7.41. The van der Waals surface area contributed by atoms with Gasteiger partial charge in [-0.2, -0.15) is 0 Å². The van der Waals surface area contributed by atoms with Gasteiger partial charge in [-0.05, 0) is 44.4 Å². The predicted octanol–water partition coefficient (Wildman–Crippen LogP) is 3.57. The lowest BCUT2D eigenvalue weighted by molar-refractivity contribution is -0.0471. The van der Waals surface area contributed by atoms with Crippen LogP contribution in [-0.4, -0.2) is 31.9 Å². The summed E-state index contributed by atoms with van der Waals surface area (Å²) in [6.07, 6.45) is 2.64. The summed E-state index contributed by atoms with van der Waals surface area (Å²) in [4.78, 5) is 0. The van der Waals surface area contributed by atoms with Gasteiger partial charge in [-0.3, -0.25) is 0 Å². The molecule has 0 aliphatic heterocycles. The smallest absolute Gasteiger partial charge is 0.0954 e. The average Bonchev–Trinajstić information content (AvgIpc) is 3.25. The van der Waals surface area contributed by atoms with Crippen molar-refractivity contribution in [2.45, 2.75) is 44.9 Å². The van der Waals surface area contributed by atoms with Crippen molar-refractivity contribution in [1.29, 1.82) is 0 Å². The molecule has 1 aromatic carbocycles. The van der Waals surface area contributed by atoms with Crippen LogP contribution in [0.2, 0.25) is 5.02 Å². The highest BCUT2D eigenvalue weighted by Crippen LogP contribution is 2.24. The zero-order valence-corrected chi connectivity index (χ0v) is 13.0. The largest absolute Gasteiger partial charge is 0.379 e. The van der Waals surface area contributed by atoms with Gasteiger partial charge in [0.2, 0.25) is 0 Å². The second-order valence-corrected chi connectivity index (χ2v) is 5.77. The van der Waals surface area contributed by atoms with Gasteiger partial charge >= 0.3 is 0 Å².